The minimum absolute atomic E-state index is 0.121. The molecule has 0 spiro atoms. The van der Waals surface area contributed by atoms with Gasteiger partial charge in [0.15, 0.2) is 11.6 Å². The molecule has 2 amide bonds. The Kier molecular flexibility index (Phi) is 11.7. The SMILES string of the molecule is NC(=NCC(=O)[C@@H]1CCCCOc2cccc(c2)C[C@H](N2CCCC2=O)C(=O)C[C@@H](CCc2ccccc2)C(=O)N1)C(F)(F)F. The van der Waals surface area contributed by atoms with Crippen molar-refractivity contribution in [3.05, 3.63) is 65.7 Å². The number of nitrogens with zero attached hydrogens (tertiary/aromatic N) is 2. The number of ether oxygens (including phenoxy) is 1. The van der Waals surface area contributed by atoms with Gasteiger partial charge in [-0.15, -0.1) is 0 Å². The van der Waals surface area contributed by atoms with Crippen molar-refractivity contribution >= 4 is 29.2 Å². The summed E-state index contributed by atoms with van der Waals surface area (Å²) in [5.74, 6) is -3.55. The number of alkyl halides is 3. The third-order valence-corrected chi connectivity index (χ3v) is 8.18. The Balaban J connectivity index is 1.63. The lowest BCUT2D eigenvalue weighted by Gasteiger charge is -2.29. The maximum absolute atomic E-state index is 14.0. The monoisotopic (exact) mass is 628 g/mol. The highest BCUT2D eigenvalue weighted by Gasteiger charge is 2.36. The summed E-state index contributed by atoms with van der Waals surface area (Å²) in [5.41, 5.74) is 6.77. The number of likely N-dealkylation sites (tertiary alicyclic amines) is 1. The smallest absolute Gasteiger partial charge is 0.448 e. The van der Waals surface area contributed by atoms with Crippen LogP contribution in [0.1, 0.15) is 56.1 Å². The highest BCUT2D eigenvalue weighted by atomic mass is 19.4. The number of benzene rings is 2. The molecule has 2 aliphatic rings. The topological polar surface area (TPSA) is 131 Å². The van der Waals surface area contributed by atoms with E-state index in [0.717, 1.165) is 11.1 Å². The Morgan fingerprint density at radius 3 is 2.51 bits per heavy atom. The molecule has 2 bridgehead atoms. The van der Waals surface area contributed by atoms with Crippen LogP contribution in [0.5, 0.6) is 5.75 Å². The third-order valence-electron chi connectivity index (χ3n) is 8.18. The number of ketones is 2. The van der Waals surface area contributed by atoms with Crippen LogP contribution in [-0.2, 0) is 32.0 Å². The number of carbonyl (C=O) groups excluding carboxylic acids is 4. The lowest BCUT2D eigenvalue weighted by atomic mass is 9.89. The molecule has 1 saturated heterocycles. The highest BCUT2D eigenvalue weighted by molar-refractivity contribution is 5.96. The highest BCUT2D eigenvalue weighted by Crippen LogP contribution is 2.25. The van der Waals surface area contributed by atoms with E-state index in [1.165, 1.54) is 0 Å². The van der Waals surface area contributed by atoms with Crippen molar-refractivity contribution < 1.29 is 37.1 Å². The molecular weight excluding hydrogens is 589 g/mol. The Labute approximate surface area is 260 Å². The third kappa shape index (κ3) is 9.89. The Hall–Kier alpha value is -4.22. The summed E-state index contributed by atoms with van der Waals surface area (Å²) >= 11 is 0. The fraction of sp³-hybridized carbons (Fsp3) is 0.485. The van der Waals surface area contributed by atoms with Gasteiger partial charge in [0, 0.05) is 31.7 Å². The van der Waals surface area contributed by atoms with Crippen molar-refractivity contribution in [2.24, 2.45) is 16.6 Å². The van der Waals surface area contributed by atoms with E-state index < -0.39 is 48.2 Å². The van der Waals surface area contributed by atoms with Crippen molar-refractivity contribution in [2.45, 2.75) is 76.0 Å². The number of carbonyl (C=O) groups is 4. The minimum Gasteiger partial charge on any atom is -0.494 e. The first-order valence-corrected chi connectivity index (χ1v) is 15.3. The first kappa shape index (κ1) is 33.7. The molecule has 0 radical (unpaired) electrons. The molecule has 2 aliphatic heterocycles. The molecule has 3 atom stereocenters. The Morgan fingerprint density at radius 1 is 1.02 bits per heavy atom. The van der Waals surface area contributed by atoms with Crippen LogP contribution < -0.4 is 15.8 Å². The van der Waals surface area contributed by atoms with Crippen LogP contribution in [-0.4, -0.2) is 72.1 Å². The van der Waals surface area contributed by atoms with Gasteiger partial charge in [-0.25, -0.2) is 0 Å². The van der Waals surface area contributed by atoms with Gasteiger partial charge < -0.3 is 20.7 Å². The van der Waals surface area contributed by atoms with E-state index in [4.69, 9.17) is 10.5 Å². The molecule has 0 aliphatic carbocycles. The zero-order valence-corrected chi connectivity index (χ0v) is 25.1. The summed E-state index contributed by atoms with van der Waals surface area (Å²) in [6.07, 6.45) is -1.98. The van der Waals surface area contributed by atoms with Crippen molar-refractivity contribution in [1.82, 2.24) is 10.2 Å². The molecule has 3 N–H and O–H groups in total. The summed E-state index contributed by atoms with van der Waals surface area (Å²) in [6.45, 7) is -0.124. The molecule has 12 heteroatoms. The van der Waals surface area contributed by atoms with E-state index in [9.17, 15) is 32.3 Å². The summed E-state index contributed by atoms with van der Waals surface area (Å²) in [7, 11) is 0. The van der Waals surface area contributed by atoms with Gasteiger partial charge >= 0.3 is 6.18 Å². The number of rotatable bonds is 7. The van der Waals surface area contributed by atoms with Crippen LogP contribution in [0.2, 0.25) is 0 Å². The van der Waals surface area contributed by atoms with Crippen molar-refractivity contribution in [2.75, 3.05) is 19.7 Å². The molecule has 0 unspecified atom stereocenters. The zero-order chi connectivity index (χ0) is 32.4. The molecule has 0 aromatic heterocycles. The number of fused-ring (bicyclic) bond motifs is 2. The number of nitrogens with one attached hydrogen (secondary N) is 1. The maximum atomic E-state index is 14.0. The zero-order valence-electron chi connectivity index (χ0n) is 25.1. The Morgan fingerprint density at radius 2 is 1.80 bits per heavy atom. The molecule has 242 valence electrons. The van der Waals surface area contributed by atoms with Crippen LogP contribution in [0, 0.1) is 5.92 Å². The van der Waals surface area contributed by atoms with Gasteiger partial charge in [-0.2, -0.15) is 13.2 Å². The van der Waals surface area contributed by atoms with E-state index in [1.807, 2.05) is 48.5 Å². The van der Waals surface area contributed by atoms with Gasteiger partial charge in [0.25, 0.3) is 0 Å². The predicted molar refractivity (Wildman–Crippen MR) is 162 cm³/mol. The average Bonchev–Trinajstić information content (AvgIpc) is 3.44. The van der Waals surface area contributed by atoms with Gasteiger partial charge in [-0.05, 0) is 61.8 Å². The molecule has 0 saturated carbocycles. The average molecular weight is 629 g/mol. The maximum Gasteiger partial charge on any atom is 0.448 e. The van der Waals surface area contributed by atoms with E-state index in [1.54, 1.807) is 11.0 Å². The van der Waals surface area contributed by atoms with Gasteiger partial charge in [-0.3, -0.25) is 24.2 Å². The first-order valence-electron chi connectivity index (χ1n) is 15.3. The van der Waals surface area contributed by atoms with Gasteiger partial charge in [0.2, 0.25) is 17.6 Å². The van der Waals surface area contributed by atoms with Gasteiger partial charge in [-0.1, -0.05) is 42.5 Å². The van der Waals surface area contributed by atoms with Crippen LogP contribution in [0.3, 0.4) is 0 Å². The van der Waals surface area contributed by atoms with E-state index in [-0.39, 0.29) is 37.4 Å². The predicted octanol–water partition coefficient (Wildman–Crippen LogP) is 3.96. The molecule has 45 heavy (non-hydrogen) atoms. The largest absolute Gasteiger partial charge is 0.494 e. The number of amides is 2. The number of hydrogen-bond acceptors (Lipinski definition) is 6. The second-order valence-corrected chi connectivity index (χ2v) is 11.5. The van der Waals surface area contributed by atoms with Gasteiger partial charge in [0.1, 0.15) is 12.3 Å². The summed E-state index contributed by atoms with van der Waals surface area (Å²) < 4.78 is 44.5. The number of amidine groups is 1. The standard InChI is InChI=1S/C33H39F3N4O5/c34-33(35,36)32(37)38-21-29(42)26-12-4-5-17-45-25-11-6-10-23(18-25)19-27(40-16-7-13-30(40)43)28(41)20-24(31(44)39-26)15-14-22-8-2-1-3-9-22/h1-3,6,8-11,18,24,26-27H,4-5,7,12-17,19-21H2,(H2,37,38)(H,39,44)/t24-,26+,27+/m1/s1. The van der Waals surface area contributed by atoms with Crippen molar-refractivity contribution in [3.63, 3.8) is 0 Å². The van der Waals surface area contributed by atoms with Crippen molar-refractivity contribution in [1.29, 1.82) is 0 Å². The minimum atomic E-state index is -4.88. The summed E-state index contributed by atoms with van der Waals surface area (Å²) in [6, 6.07) is 14.8. The molecular formula is C33H39F3N4O5. The van der Waals surface area contributed by atoms with E-state index >= 15 is 0 Å². The lowest BCUT2D eigenvalue weighted by molar-refractivity contribution is -0.138. The molecule has 9 nitrogen and oxygen atoms in total. The normalized spacial score (nSPS) is 22.6. The van der Waals surface area contributed by atoms with Crippen LogP contribution in [0.25, 0.3) is 0 Å². The molecule has 4 rings (SSSR count). The number of nitrogens with two attached hydrogens (primary N) is 1. The molecule has 2 aromatic carbocycles. The fourth-order valence-corrected chi connectivity index (χ4v) is 5.68. The number of hydrogen-bond donors (Lipinski definition) is 2. The fourth-order valence-electron chi connectivity index (χ4n) is 5.68. The molecule has 1 fully saturated rings. The summed E-state index contributed by atoms with van der Waals surface area (Å²) in [5, 5.41) is 2.71. The van der Waals surface area contributed by atoms with Crippen LogP contribution in [0.4, 0.5) is 13.2 Å². The second-order valence-electron chi connectivity index (χ2n) is 11.5. The molecule has 2 aromatic rings. The quantitative estimate of drug-likeness (QED) is 0.353. The van der Waals surface area contributed by atoms with E-state index in [2.05, 4.69) is 10.3 Å². The second kappa shape index (κ2) is 15.7. The number of aliphatic imine (C=N–C) groups is 1. The lowest BCUT2D eigenvalue weighted by Crippen LogP contribution is -2.47. The molecule has 2 heterocycles. The summed E-state index contributed by atoms with van der Waals surface area (Å²) in [4.78, 5) is 58.4. The number of Topliss-reactive ketones (excluding diaryl/α,β-unsaturated/α-hetero) is 2. The Bertz CT molecular complexity index is 1380. The van der Waals surface area contributed by atoms with E-state index in [0.29, 0.717) is 51.0 Å². The van der Waals surface area contributed by atoms with Crippen LogP contribution >= 0.6 is 0 Å². The number of halogens is 3. The number of aryl methyl sites for hydroxylation is 1. The van der Waals surface area contributed by atoms with Gasteiger partial charge in [0.05, 0.1) is 18.7 Å². The van der Waals surface area contributed by atoms with Crippen molar-refractivity contribution in [3.8, 4) is 5.75 Å². The first-order chi connectivity index (χ1) is 21.5. The van der Waals surface area contributed by atoms with Crippen LogP contribution in [0.15, 0.2) is 59.6 Å².